The molecular weight excluding hydrogens is 637 g/mol. The van der Waals surface area contributed by atoms with Gasteiger partial charge >= 0.3 is 0 Å². The molecule has 18 atom stereocenters. The Morgan fingerprint density at radius 2 is 0.569 bits per heavy atom. The lowest BCUT2D eigenvalue weighted by atomic mass is 9.63. The van der Waals surface area contributed by atoms with E-state index in [4.69, 9.17) is 15.0 Å². The molecule has 0 aromatic rings. The molecule has 3 aliphatic carbocycles. The van der Waals surface area contributed by atoms with Crippen LogP contribution in [0.15, 0.2) is 15.0 Å². The first-order chi connectivity index (χ1) is 25.3. The molecule has 276 valence electrons. The van der Waals surface area contributed by atoms with E-state index in [2.05, 4.69) is 46.6 Å². The fraction of sp³-hybridized carbons (Fsp3) is 0.923. The lowest BCUT2D eigenvalue weighted by Gasteiger charge is -2.58. The van der Waals surface area contributed by atoms with Crippen LogP contribution in [-0.2, 0) is 0 Å². The van der Waals surface area contributed by atoms with E-state index < -0.39 is 0 Å². The standard InChI is InChI=1S/C39H60N12/c1-7-19-25(40-13-1)28-22(10-4-16-43-28)34-31(19)46-37-49(34)38-47-33-21-9-3-15-42-27(21)30-24(12-6-18-45-30)36(33)51(38)39-48-32-20-8-2-14-41-26(20)29-23(11-5-17-44-29)35(32)50(37)39/h19-36,40-45H,1-18H2. The van der Waals surface area contributed by atoms with Gasteiger partial charge in [-0.05, 0) is 134 Å². The molecular formula is C39H60N12. The average Bonchev–Trinajstić information content (AvgIpc) is 3.91. The molecule has 18 unspecified atom stereocenters. The van der Waals surface area contributed by atoms with Crippen LogP contribution in [0.2, 0.25) is 0 Å². The Hall–Kier alpha value is -1.83. The van der Waals surface area contributed by atoms with Crippen molar-refractivity contribution in [3.05, 3.63) is 0 Å². The minimum absolute atomic E-state index is 0.325. The summed E-state index contributed by atoms with van der Waals surface area (Å²) in [6, 6.07) is 5.27. The summed E-state index contributed by atoms with van der Waals surface area (Å²) in [5.41, 5.74) is 0. The fourth-order valence-electron chi connectivity index (χ4n) is 15.5. The smallest absolute Gasteiger partial charge is 0.211 e. The first-order valence-corrected chi connectivity index (χ1v) is 21.9. The maximum Gasteiger partial charge on any atom is 0.211 e. The van der Waals surface area contributed by atoms with E-state index in [0.29, 0.717) is 108 Å². The van der Waals surface area contributed by atoms with Crippen molar-refractivity contribution >= 4 is 17.9 Å². The summed E-state index contributed by atoms with van der Waals surface area (Å²) in [5, 5.41) is 24.5. The molecule has 3 saturated carbocycles. The number of guanidine groups is 3. The minimum atomic E-state index is 0.325. The van der Waals surface area contributed by atoms with Gasteiger partial charge in [-0.2, -0.15) is 0 Å². The number of nitrogens with one attached hydrogen (secondary N) is 6. The third kappa shape index (κ3) is 4.00. The molecule has 13 aliphatic rings. The molecule has 0 amide bonds. The van der Waals surface area contributed by atoms with Gasteiger partial charge < -0.3 is 31.9 Å². The summed E-state index contributed by atoms with van der Waals surface area (Å²) in [6.07, 6.45) is 15.4. The van der Waals surface area contributed by atoms with Crippen LogP contribution in [0, 0.1) is 35.5 Å². The van der Waals surface area contributed by atoms with Gasteiger partial charge in [0.2, 0.25) is 17.9 Å². The van der Waals surface area contributed by atoms with Gasteiger partial charge in [0, 0.05) is 54.0 Å². The van der Waals surface area contributed by atoms with E-state index in [1.54, 1.807) is 0 Å². The van der Waals surface area contributed by atoms with Crippen molar-refractivity contribution in [1.29, 1.82) is 0 Å². The molecule has 12 nitrogen and oxygen atoms in total. The molecule has 6 N–H and O–H groups in total. The second-order valence-electron chi connectivity index (χ2n) is 19.1. The number of hydrogen-bond acceptors (Lipinski definition) is 12. The van der Waals surface area contributed by atoms with Crippen molar-refractivity contribution in [2.24, 2.45) is 50.5 Å². The summed E-state index contributed by atoms with van der Waals surface area (Å²) in [6.45, 7) is 6.92. The van der Waals surface area contributed by atoms with Gasteiger partial charge in [-0.3, -0.25) is 14.7 Å². The highest BCUT2D eigenvalue weighted by Crippen LogP contribution is 2.54. The number of rotatable bonds is 0. The van der Waals surface area contributed by atoms with Gasteiger partial charge in [0.05, 0.1) is 36.3 Å². The van der Waals surface area contributed by atoms with Gasteiger partial charge in [-0.15, -0.1) is 0 Å². The summed E-state index contributed by atoms with van der Waals surface area (Å²) in [4.78, 5) is 26.7. The monoisotopic (exact) mass is 697 g/mol. The van der Waals surface area contributed by atoms with E-state index in [9.17, 15) is 0 Å². The van der Waals surface area contributed by atoms with Crippen molar-refractivity contribution in [2.75, 3.05) is 39.3 Å². The van der Waals surface area contributed by atoms with Crippen LogP contribution in [0.25, 0.3) is 0 Å². The van der Waals surface area contributed by atoms with Gasteiger partial charge in [-0.25, -0.2) is 15.0 Å². The van der Waals surface area contributed by atoms with Crippen molar-refractivity contribution < 1.29 is 0 Å². The molecule has 0 radical (unpaired) electrons. The van der Waals surface area contributed by atoms with E-state index >= 15 is 0 Å². The molecule has 51 heavy (non-hydrogen) atoms. The Labute approximate surface area is 303 Å². The Balaban J connectivity index is 0.998. The molecule has 10 fully saturated rings. The molecule has 0 bridgehead atoms. The lowest BCUT2D eigenvalue weighted by molar-refractivity contribution is 0.0200. The van der Waals surface area contributed by atoms with Gasteiger partial charge in [0.15, 0.2) is 0 Å². The molecule has 0 spiro atoms. The maximum absolute atomic E-state index is 6.08. The van der Waals surface area contributed by atoms with Gasteiger partial charge in [0.25, 0.3) is 0 Å². The number of hydrogen-bond donors (Lipinski definition) is 6. The van der Waals surface area contributed by atoms with Crippen LogP contribution in [-0.4, -0.2) is 144 Å². The highest BCUT2D eigenvalue weighted by atomic mass is 15.7. The molecule has 10 aliphatic heterocycles. The van der Waals surface area contributed by atoms with Gasteiger partial charge in [-0.1, -0.05) is 0 Å². The van der Waals surface area contributed by atoms with E-state index in [1.165, 1.54) is 94.9 Å². The van der Waals surface area contributed by atoms with Crippen molar-refractivity contribution in [3.63, 3.8) is 0 Å². The minimum Gasteiger partial charge on any atom is -0.312 e. The van der Waals surface area contributed by atoms with Crippen LogP contribution in [0.3, 0.4) is 0 Å². The highest BCUT2D eigenvalue weighted by molar-refractivity contribution is 6.19. The largest absolute Gasteiger partial charge is 0.312 e. The zero-order valence-corrected chi connectivity index (χ0v) is 30.3. The van der Waals surface area contributed by atoms with E-state index in [1.807, 2.05) is 0 Å². The topological polar surface area (TPSA) is 119 Å². The molecule has 0 aromatic heterocycles. The predicted molar refractivity (Wildman–Crippen MR) is 198 cm³/mol. The Morgan fingerprint density at radius 1 is 0.333 bits per heavy atom. The Morgan fingerprint density at radius 3 is 0.843 bits per heavy atom. The zero-order chi connectivity index (χ0) is 32.9. The third-order valence-electron chi connectivity index (χ3n) is 17.2. The van der Waals surface area contributed by atoms with E-state index in [0.717, 1.165) is 39.3 Å². The highest BCUT2D eigenvalue weighted by Gasteiger charge is 2.69. The lowest BCUT2D eigenvalue weighted by Crippen LogP contribution is -2.77. The number of aliphatic imine (C=N–C) groups is 3. The number of nitrogens with zero attached hydrogens (tertiary/aromatic N) is 6. The van der Waals surface area contributed by atoms with E-state index in [-0.39, 0.29) is 0 Å². The number of piperidine rings is 6. The van der Waals surface area contributed by atoms with Crippen LogP contribution >= 0.6 is 0 Å². The van der Waals surface area contributed by atoms with Crippen LogP contribution in [0.4, 0.5) is 0 Å². The van der Waals surface area contributed by atoms with Crippen molar-refractivity contribution in [1.82, 2.24) is 46.6 Å². The predicted octanol–water partition coefficient (Wildman–Crippen LogP) is 0.476. The summed E-state index contributed by atoms with van der Waals surface area (Å²) in [5.74, 6) is 7.23. The average molecular weight is 697 g/mol. The zero-order valence-electron chi connectivity index (χ0n) is 30.3. The van der Waals surface area contributed by atoms with Crippen LogP contribution < -0.4 is 31.9 Å². The summed E-state index contributed by atoms with van der Waals surface area (Å²) in [7, 11) is 0. The molecule has 13 rings (SSSR count). The SMILES string of the molecule is C1CNC2C(C1)C1N=C3N(C4=NC5C6CCCNC6C6NCCCC6C5N4C4=NC5C6CCCNC6C6NCCCC6C5N34)C1C1CCCNC12. The molecule has 0 aromatic carbocycles. The second-order valence-corrected chi connectivity index (χ2v) is 19.1. The normalized spacial score (nSPS) is 54.6. The maximum atomic E-state index is 6.08. The van der Waals surface area contributed by atoms with Gasteiger partial charge in [0.1, 0.15) is 0 Å². The van der Waals surface area contributed by atoms with Crippen molar-refractivity contribution in [2.45, 2.75) is 150 Å². The fourth-order valence-corrected chi connectivity index (χ4v) is 15.5. The quantitative estimate of drug-likeness (QED) is 0.215. The summed E-state index contributed by atoms with van der Waals surface area (Å²) < 4.78 is 0. The molecule has 10 heterocycles. The second kappa shape index (κ2) is 11.4. The summed E-state index contributed by atoms with van der Waals surface area (Å²) >= 11 is 0. The van der Waals surface area contributed by atoms with Crippen molar-refractivity contribution in [3.8, 4) is 0 Å². The Kier molecular flexibility index (Phi) is 6.79. The first-order valence-electron chi connectivity index (χ1n) is 21.9. The van der Waals surface area contributed by atoms with Crippen LogP contribution in [0.5, 0.6) is 0 Å². The first kappa shape index (κ1) is 30.5. The third-order valence-corrected chi connectivity index (χ3v) is 17.2. The Bertz CT molecular complexity index is 1340. The molecule has 12 heteroatoms. The molecule has 7 saturated heterocycles. The van der Waals surface area contributed by atoms with Crippen LogP contribution in [0.1, 0.15) is 77.0 Å². The number of fused-ring (bicyclic) bond motifs is 27.